The predicted molar refractivity (Wildman–Crippen MR) is 108 cm³/mol. The molecule has 0 aliphatic carbocycles. The van der Waals surface area contributed by atoms with Crippen LogP contribution in [0.25, 0.3) is 11.0 Å². The highest BCUT2D eigenvalue weighted by atomic mass is 16.3. The van der Waals surface area contributed by atoms with Crippen LogP contribution in [-0.2, 0) is 6.54 Å². The van der Waals surface area contributed by atoms with Crippen LogP contribution in [0.4, 0.5) is 0 Å². The summed E-state index contributed by atoms with van der Waals surface area (Å²) >= 11 is 0. The fourth-order valence-electron chi connectivity index (χ4n) is 3.71. The highest BCUT2D eigenvalue weighted by Gasteiger charge is 2.20. The summed E-state index contributed by atoms with van der Waals surface area (Å²) < 4.78 is 6.00. The number of para-hydroxylation sites is 1. The maximum absolute atomic E-state index is 12.5. The van der Waals surface area contributed by atoms with E-state index in [1.54, 1.807) is 0 Å². The summed E-state index contributed by atoms with van der Waals surface area (Å²) in [4.78, 5) is 16.7. The summed E-state index contributed by atoms with van der Waals surface area (Å²) in [5.41, 5.74) is 2.91. The number of amides is 1. The molecule has 27 heavy (non-hydrogen) atoms. The number of likely N-dealkylation sites (tertiary alicyclic amines) is 1. The second-order valence-electron chi connectivity index (χ2n) is 7.47. The summed E-state index contributed by atoms with van der Waals surface area (Å²) in [7, 11) is 2.10. The molecular formula is C23H26N2O2. The molecule has 2 heterocycles. The van der Waals surface area contributed by atoms with E-state index in [-0.39, 0.29) is 11.9 Å². The summed E-state index contributed by atoms with van der Waals surface area (Å²) in [6.45, 7) is 4.73. The Morgan fingerprint density at radius 3 is 2.52 bits per heavy atom. The van der Waals surface area contributed by atoms with Gasteiger partial charge in [0.05, 0.1) is 6.04 Å². The summed E-state index contributed by atoms with van der Waals surface area (Å²) in [6, 6.07) is 18.4. The van der Waals surface area contributed by atoms with Crippen LogP contribution in [0.15, 0.2) is 59.0 Å². The monoisotopic (exact) mass is 362 g/mol. The molecule has 1 aromatic heterocycles. The van der Waals surface area contributed by atoms with Crippen molar-refractivity contribution in [2.24, 2.45) is 0 Å². The van der Waals surface area contributed by atoms with Gasteiger partial charge >= 0.3 is 0 Å². The molecule has 1 aliphatic heterocycles. The number of carbonyl (C=O) groups is 1. The third-order valence-corrected chi connectivity index (χ3v) is 5.54. The van der Waals surface area contributed by atoms with Crippen molar-refractivity contribution in [2.75, 3.05) is 20.1 Å². The van der Waals surface area contributed by atoms with Gasteiger partial charge in [0, 0.05) is 30.6 Å². The topological polar surface area (TPSA) is 36.7 Å². The van der Waals surface area contributed by atoms with E-state index in [2.05, 4.69) is 43.1 Å². The van der Waals surface area contributed by atoms with Crippen LogP contribution in [0.1, 0.15) is 47.5 Å². The van der Waals surface area contributed by atoms with E-state index >= 15 is 0 Å². The minimum Gasteiger partial charge on any atom is -0.459 e. The Bertz CT molecular complexity index is 890. The van der Waals surface area contributed by atoms with Crippen LogP contribution >= 0.6 is 0 Å². The van der Waals surface area contributed by atoms with Crippen LogP contribution in [0, 0.1) is 0 Å². The minimum absolute atomic E-state index is 0.156. The van der Waals surface area contributed by atoms with Gasteiger partial charge in [0.25, 0.3) is 5.91 Å². The lowest BCUT2D eigenvalue weighted by molar-refractivity contribution is 0.0793. The van der Waals surface area contributed by atoms with Crippen molar-refractivity contribution in [3.05, 3.63) is 71.5 Å². The number of rotatable bonds is 5. The molecule has 0 N–H and O–H groups in total. The number of carbonyl (C=O) groups excluding carboxylic acids is 1. The molecule has 1 saturated heterocycles. The largest absolute Gasteiger partial charge is 0.459 e. The summed E-state index contributed by atoms with van der Waals surface area (Å²) in [6.07, 6.45) is 2.24. The van der Waals surface area contributed by atoms with Gasteiger partial charge in [0.15, 0.2) is 0 Å². The number of nitrogens with zero attached hydrogens (tertiary/aromatic N) is 2. The van der Waals surface area contributed by atoms with Crippen molar-refractivity contribution < 1.29 is 9.21 Å². The Hall–Kier alpha value is -2.59. The maximum Gasteiger partial charge on any atom is 0.253 e. The van der Waals surface area contributed by atoms with Gasteiger partial charge in [0.1, 0.15) is 11.3 Å². The molecule has 2 aromatic carbocycles. The van der Waals surface area contributed by atoms with Gasteiger partial charge < -0.3 is 9.32 Å². The van der Waals surface area contributed by atoms with E-state index in [1.165, 1.54) is 5.56 Å². The Labute approximate surface area is 160 Å². The number of fused-ring (bicyclic) bond motifs is 1. The Morgan fingerprint density at radius 2 is 1.81 bits per heavy atom. The van der Waals surface area contributed by atoms with E-state index in [9.17, 15) is 4.79 Å². The third kappa shape index (κ3) is 3.76. The molecule has 140 valence electrons. The predicted octanol–water partition coefficient (Wildman–Crippen LogP) is 4.86. The van der Waals surface area contributed by atoms with E-state index in [0.29, 0.717) is 0 Å². The van der Waals surface area contributed by atoms with Crippen LogP contribution < -0.4 is 0 Å². The average molecular weight is 362 g/mol. The molecule has 0 radical (unpaired) electrons. The molecule has 3 aromatic rings. The molecule has 4 nitrogen and oxygen atoms in total. The van der Waals surface area contributed by atoms with E-state index in [1.807, 2.05) is 35.2 Å². The number of furan rings is 1. The van der Waals surface area contributed by atoms with Crippen molar-refractivity contribution in [2.45, 2.75) is 32.4 Å². The molecule has 4 rings (SSSR count). The lowest BCUT2D eigenvalue weighted by Crippen LogP contribution is -2.27. The molecule has 1 atom stereocenters. The first kappa shape index (κ1) is 17.8. The Kier molecular flexibility index (Phi) is 4.99. The van der Waals surface area contributed by atoms with Crippen molar-refractivity contribution in [3.63, 3.8) is 0 Å². The Morgan fingerprint density at radius 1 is 1.11 bits per heavy atom. The highest BCUT2D eigenvalue weighted by molar-refractivity contribution is 5.94. The SMILES string of the molecule is CC(c1cc2ccccc2o1)N(C)Cc1ccc(C(=O)N2CCCC2)cc1. The first-order valence-electron chi connectivity index (χ1n) is 9.69. The maximum atomic E-state index is 12.5. The van der Waals surface area contributed by atoms with Crippen LogP contribution in [0.2, 0.25) is 0 Å². The summed E-state index contributed by atoms with van der Waals surface area (Å²) in [5.74, 6) is 1.13. The first-order valence-corrected chi connectivity index (χ1v) is 9.69. The van der Waals surface area contributed by atoms with E-state index in [0.717, 1.165) is 54.8 Å². The number of hydrogen-bond acceptors (Lipinski definition) is 3. The van der Waals surface area contributed by atoms with Crippen molar-refractivity contribution >= 4 is 16.9 Å². The lowest BCUT2D eigenvalue weighted by atomic mass is 10.1. The van der Waals surface area contributed by atoms with E-state index < -0.39 is 0 Å². The van der Waals surface area contributed by atoms with Crippen LogP contribution in [0.5, 0.6) is 0 Å². The van der Waals surface area contributed by atoms with Gasteiger partial charge in [0.2, 0.25) is 0 Å². The second kappa shape index (κ2) is 7.57. The van der Waals surface area contributed by atoms with Crippen molar-refractivity contribution in [3.8, 4) is 0 Å². The Balaban J connectivity index is 1.42. The zero-order chi connectivity index (χ0) is 18.8. The molecule has 1 fully saturated rings. The molecule has 0 spiro atoms. The lowest BCUT2D eigenvalue weighted by Gasteiger charge is -2.23. The van der Waals surface area contributed by atoms with Gasteiger partial charge in [-0.1, -0.05) is 30.3 Å². The standard InChI is InChI=1S/C23H26N2O2/c1-17(22-15-20-7-3-4-8-21(20)27-22)24(2)16-18-9-11-19(12-10-18)23(26)25-13-5-6-14-25/h3-4,7-12,15,17H,5-6,13-14,16H2,1-2H3. The first-order chi connectivity index (χ1) is 13.1. The third-order valence-electron chi connectivity index (χ3n) is 5.54. The zero-order valence-electron chi connectivity index (χ0n) is 16.0. The fraction of sp³-hybridized carbons (Fsp3) is 0.348. The minimum atomic E-state index is 0.156. The summed E-state index contributed by atoms with van der Waals surface area (Å²) in [5, 5.41) is 1.14. The van der Waals surface area contributed by atoms with Gasteiger partial charge in [-0.15, -0.1) is 0 Å². The second-order valence-corrected chi connectivity index (χ2v) is 7.47. The van der Waals surface area contributed by atoms with Crippen LogP contribution in [-0.4, -0.2) is 35.8 Å². The zero-order valence-corrected chi connectivity index (χ0v) is 16.0. The molecule has 1 unspecified atom stereocenters. The average Bonchev–Trinajstić information content (AvgIpc) is 3.37. The molecule has 1 aliphatic rings. The molecule has 4 heteroatoms. The van der Waals surface area contributed by atoms with Crippen molar-refractivity contribution in [1.82, 2.24) is 9.80 Å². The highest BCUT2D eigenvalue weighted by Crippen LogP contribution is 2.27. The molecular weight excluding hydrogens is 336 g/mol. The van der Waals surface area contributed by atoms with Gasteiger partial charge in [-0.25, -0.2) is 0 Å². The molecule has 0 bridgehead atoms. The van der Waals surface area contributed by atoms with Crippen molar-refractivity contribution in [1.29, 1.82) is 0 Å². The molecule has 1 amide bonds. The quantitative estimate of drug-likeness (QED) is 0.650. The van der Waals surface area contributed by atoms with Gasteiger partial charge in [-0.05, 0) is 56.6 Å². The van der Waals surface area contributed by atoms with Gasteiger partial charge in [-0.2, -0.15) is 0 Å². The number of hydrogen-bond donors (Lipinski definition) is 0. The normalized spacial score (nSPS) is 15.6. The smallest absolute Gasteiger partial charge is 0.253 e. The fourth-order valence-corrected chi connectivity index (χ4v) is 3.71. The van der Waals surface area contributed by atoms with E-state index in [4.69, 9.17) is 4.42 Å². The molecule has 0 saturated carbocycles. The van der Waals surface area contributed by atoms with Crippen LogP contribution in [0.3, 0.4) is 0 Å². The number of benzene rings is 2. The van der Waals surface area contributed by atoms with Gasteiger partial charge in [-0.3, -0.25) is 9.69 Å².